The molecule has 1 atom stereocenters. The Balaban J connectivity index is 1.50. The molecular formula is C21H25N3O3. The van der Waals surface area contributed by atoms with Gasteiger partial charge >= 0.3 is 0 Å². The molecule has 1 aromatic carbocycles. The molecule has 6 heteroatoms. The van der Waals surface area contributed by atoms with Crippen molar-refractivity contribution >= 4 is 11.8 Å². The second-order valence-corrected chi connectivity index (χ2v) is 6.75. The summed E-state index contributed by atoms with van der Waals surface area (Å²) in [4.78, 5) is 30.6. The van der Waals surface area contributed by atoms with E-state index in [-0.39, 0.29) is 17.7 Å². The molecule has 2 amide bonds. The van der Waals surface area contributed by atoms with Crippen molar-refractivity contribution in [1.29, 1.82) is 0 Å². The number of ether oxygens (including phenoxy) is 1. The minimum atomic E-state index is -0.157. The maximum absolute atomic E-state index is 12.5. The minimum absolute atomic E-state index is 0.000741. The number of methoxy groups -OCH3 is 1. The smallest absolute Gasteiger partial charge is 0.225 e. The van der Waals surface area contributed by atoms with E-state index in [1.165, 1.54) is 0 Å². The predicted molar refractivity (Wildman–Crippen MR) is 102 cm³/mol. The number of carbonyl (C=O) groups is 2. The average molecular weight is 367 g/mol. The van der Waals surface area contributed by atoms with Crippen molar-refractivity contribution in [1.82, 2.24) is 15.2 Å². The van der Waals surface area contributed by atoms with Gasteiger partial charge in [0.1, 0.15) is 5.75 Å². The number of aromatic nitrogens is 1. The largest absolute Gasteiger partial charge is 0.497 e. The van der Waals surface area contributed by atoms with E-state index in [2.05, 4.69) is 10.3 Å². The van der Waals surface area contributed by atoms with Crippen LogP contribution in [0.1, 0.15) is 24.0 Å². The van der Waals surface area contributed by atoms with Crippen molar-refractivity contribution in [3.8, 4) is 5.75 Å². The number of amides is 2. The van der Waals surface area contributed by atoms with Gasteiger partial charge in [0.05, 0.1) is 13.0 Å². The van der Waals surface area contributed by atoms with Gasteiger partial charge in [-0.15, -0.1) is 0 Å². The van der Waals surface area contributed by atoms with Gasteiger partial charge in [0.15, 0.2) is 0 Å². The highest BCUT2D eigenvalue weighted by atomic mass is 16.5. The fourth-order valence-electron chi connectivity index (χ4n) is 3.24. The third-order valence-electron chi connectivity index (χ3n) is 4.89. The molecule has 1 aliphatic heterocycles. The standard InChI is InChI=1S/C21H25N3O3/c1-27-19-7-4-16(5-8-19)10-12-24-15-18(6-9-20(24)25)21(26)23-14-17-3-2-11-22-13-17/h2-5,7-8,11,13,18H,6,9-10,12,14-15H2,1H3,(H,23,26). The summed E-state index contributed by atoms with van der Waals surface area (Å²) in [6, 6.07) is 11.6. The van der Waals surface area contributed by atoms with Gasteiger partial charge in [-0.05, 0) is 42.2 Å². The lowest BCUT2D eigenvalue weighted by Gasteiger charge is -2.32. The molecule has 6 nitrogen and oxygen atoms in total. The van der Waals surface area contributed by atoms with Gasteiger partial charge in [-0.3, -0.25) is 14.6 Å². The molecule has 1 aliphatic rings. The number of hydrogen-bond acceptors (Lipinski definition) is 4. The van der Waals surface area contributed by atoms with E-state index in [4.69, 9.17) is 4.74 Å². The van der Waals surface area contributed by atoms with E-state index >= 15 is 0 Å². The van der Waals surface area contributed by atoms with E-state index in [1.54, 1.807) is 19.5 Å². The molecule has 1 unspecified atom stereocenters. The predicted octanol–water partition coefficient (Wildman–Crippen LogP) is 2.19. The summed E-state index contributed by atoms with van der Waals surface area (Å²) < 4.78 is 5.16. The van der Waals surface area contributed by atoms with E-state index in [9.17, 15) is 9.59 Å². The molecule has 27 heavy (non-hydrogen) atoms. The molecule has 2 heterocycles. The summed E-state index contributed by atoms with van der Waals surface area (Å²) in [5.74, 6) is 0.786. The Morgan fingerprint density at radius 1 is 1.26 bits per heavy atom. The van der Waals surface area contributed by atoms with Gasteiger partial charge in [-0.25, -0.2) is 0 Å². The zero-order chi connectivity index (χ0) is 19.1. The summed E-state index contributed by atoms with van der Waals surface area (Å²) >= 11 is 0. The van der Waals surface area contributed by atoms with Crippen molar-refractivity contribution in [2.45, 2.75) is 25.8 Å². The normalized spacial score (nSPS) is 16.9. The van der Waals surface area contributed by atoms with Gasteiger partial charge in [-0.1, -0.05) is 18.2 Å². The second-order valence-electron chi connectivity index (χ2n) is 6.75. The summed E-state index contributed by atoms with van der Waals surface area (Å²) in [5.41, 5.74) is 2.11. The van der Waals surface area contributed by atoms with E-state index in [0.717, 1.165) is 23.3 Å². The van der Waals surface area contributed by atoms with E-state index in [1.807, 2.05) is 41.3 Å². The zero-order valence-corrected chi connectivity index (χ0v) is 15.6. The molecule has 1 N–H and O–H groups in total. The number of likely N-dealkylation sites (tertiary alicyclic amines) is 1. The highest BCUT2D eigenvalue weighted by Crippen LogP contribution is 2.19. The number of benzene rings is 1. The Kier molecular flexibility index (Phi) is 6.41. The topological polar surface area (TPSA) is 71.5 Å². The number of hydrogen-bond donors (Lipinski definition) is 1. The summed E-state index contributed by atoms with van der Waals surface area (Å²) in [5, 5.41) is 2.96. The fraction of sp³-hybridized carbons (Fsp3) is 0.381. The highest BCUT2D eigenvalue weighted by Gasteiger charge is 2.29. The van der Waals surface area contributed by atoms with Crippen LogP contribution in [0.5, 0.6) is 5.75 Å². The number of nitrogens with one attached hydrogen (secondary N) is 1. The van der Waals surface area contributed by atoms with Crippen LogP contribution in [0, 0.1) is 5.92 Å². The van der Waals surface area contributed by atoms with Crippen LogP contribution in [0.2, 0.25) is 0 Å². The van der Waals surface area contributed by atoms with Crippen LogP contribution < -0.4 is 10.1 Å². The molecule has 0 spiro atoms. The Bertz CT molecular complexity index is 762. The average Bonchev–Trinajstić information content (AvgIpc) is 2.72. The fourth-order valence-corrected chi connectivity index (χ4v) is 3.24. The maximum atomic E-state index is 12.5. The van der Waals surface area contributed by atoms with Gasteiger partial charge in [0.25, 0.3) is 0 Å². The van der Waals surface area contributed by atoms with Crippen LogP contribution in [0.25, 0.3) is 0 Å². The molecule has 3 rings (SSSR count). The third-order valence-corrected chi connectivity index (χ3v) is 4.89. The summed E-state index contributed by atoms with van der Waals surface area (Å²) in [6.45, 7) is 1.56. The van der Waals surface area contributed by atoms with Gasteiger partial charge < -0.3 is 15.0 Å². The highest BCUT2D eigenvalue weighted by molar-refractivity contribution is 5.83. The first-order valence-electron chi connectivity index (χ1n) is 9.23. The maximum Gasteiger partial charge on any atom is 0.225 e. The Morgan fingerprint density at radius 2 is 2.07 bits per heavy atom. The monoisotopic (exact) mass is 367 g/mol. The quantitative estimate of drug-likeness (QED) is 0.814. The molecule has 0 aliphatic carbocycles. The van der Waals surface area contributed by atoms with Crippen LogP contribution in [0.15, 0.2) is 48.8 Å². The first-order valence-corrected chi connectivity index (χ1v) is 9.23. The lowest BCUT2D eigenvalue weighted by Crippen LogP contribution is -2.46. The lowest BCUT2D eigenvalue weighted by atomic mass is 9.96. The summed E-state index contributed by atoms with van der Waals surface area (Å²) in [6.07, 6.45) is 5.24. The molecule has 1 fully saturated rings. The van der Waals surface area contributed by atoms with Gasteiger partial charge in [-0.2, -0.15) is 0 Å². The van der Waals surface area contributed by atoms with E-state index < -0.39 is 0 Å². The van der Waals surface area contributed by atoms with Gasteiger partial charge in [0.2, 0.25) is 11.8 Å². The van der Waals surface area contributed by atoms with Crippen molar-refractivity contribution < 1.29 is 14.3 Å². The third kappa shape index (κ3) is 5.29. The van der Waals surface area contributed by atoms with E-state index in [0.29, 0.717) is 32.5 Å². The Labute approximate surface area is 159 Å². The van der Waals surface area contributed by atoms with Crippen LogP contribution in [-0.4, -0.2) is 41.9 Å². The number of carbonyl (C=O) groups excluding carboxylic acids is 2. The molecule has 1 aromatic heterocycles. The SMILES string of the molecule is COc1ccc(CCN2CC(C(=O)NCc3cccnc3)CCC2=O)cc1. The molecule has 0 bridgehead atoms. The number of piperidine rings is 1. The van der Waals surface area contributed by atoms with Crippen LogP contribution in [0.3, 0.4) is 0 Å². The Hall–Kier alpha value is -2.89. The molecule has 1 saturated heterocycles. The number of nitrogens with zero attached hydrogens (tertiary/aromatic N) is 2. The molecule has 142 valence electrons. The van der Waals surface area contributed by atoms with Crippen molar-refractivity contribution in [2.75, 3.05) is 20.2 Å². The minimum Gasteiger partial charge on any atom is -0.497 e. The molecule has 2 aromatic rings. The second kappa shape index (κ2) is 9.16. The van der Waals surface area contributed by atoms with Crippen LogP contribution in [0.4, 0.5) is 0 Å². The summed E-state index contributed by atoms with van der Waals surface area (Å²) in [7, 11) is 1.64. The zero-order valence-electron chi connectivity index (χ0n) is 15.6. The molecule has 0 saturated carbocycles. The van der Waals surface area contributed by atoms with Crippen LogP contribution >= 0.6 is 0 Å². The number of pyridine rings is 1. The van der Waals surface area contributed by atoms with Gasteiger partial charge in [0, 0.05) is 38.4 Å². The Morgan fingerprint density at radius 3 is 2.78 bits per heavy atom. The lowest BCUT2D eigenvalue weighted by molar-refractivity contribution is -0.138. The molecule has 0 radical (unpaired) electrons. The molecular weight excluding hydrogens is 342 g/mol. The van der Waals surface area contributed by atoms with Crippen LogP contribution in [-0.2, 0) is 22.6 Å². The van der Waals surface area contributed by atoms with Crippen molar-refractivity contribution in [2.24, 2.45) is 5.92 Å². The van der Waals surface area contributed by atoms with Crippen molar-refractivity contribution in [3.05, 3.63) is 59.9 Å². The first-order chi connectivity index (χ1) is 13.2. The first kappa shape index (κ1) is 18.9. The van der Waals surface area contributed by atoms with Crippen molar-refractivity contribution in [3.63, 3.8) is 0 Å². The number of rotatable bonds is 7.